The van der Waals surface area contributed by atoms with Gasteiger partial charge in [-0.1, -0.05) is 0 Å². The lowest BCUT2D eigenvalue weighted by Crippen LogP contribution is -2.38. The molecule has 1 aromatic heterocycles. The average Bonchev–Trinajstić information content (AvgIpc) is 2.18. The quantitative estimate of drug-likeness (QED) is 0.888. The summed E-state index contributed by atoms with van der Waals surface area (Å²) in [7, 11) is 0. The number of anilines is 1. The van der Waals surface area contributed by atoms with Gasteiger partial charge in [0.05, 0.1) is 17.9 Å². The summed E-state index contributed by atoms with van der Waals surface area (Å²) in [5.41, 5.74) is 6.56. The summed E-state index contributed by atoms with van der Waals surface area (Å²) in [5.74, 6) is 0. The molecule has 0 amide bonds. The van der Waals surface area contributed by atoms with Crippen LogP contribution >= 0.6 is 0 Å². The highest BCUT2D eigenvalue weighted by Crippen LogP contribution is 2.20. The monoisotopic (exact) mass is 247 g/mol. The third-order valence-corrected chi connectivity index (χ3v) is 2.39. The Labute approximate surface area is 98.4 Å². The van der Waals surface area contributed by atoms with Gasteiger partial charge >= 0.3 is 6.18 Å². The standard InChI is InChI=1S/C11H16F3N3/c1-8(2)17(7-11(12,13)14)6-10-9(15)4-3-5-16-10/h3-5,8H,6-7,15H2,1-2H3. The van der Waals surface area contributed by atoms with E-state index < -0.39 is 12.7 Å². The van der Waals surface area contributed by atoms with Crippen molar-refractivity contribution in [3.63, 3.8) is 0 Å². The molecule has 3 nitrogen and oxygen atoms in total. The molecule has 1 aromatic rings. The summed E-state index contributed by atoms with van der Waals surface area (Å²) in [6.45, 7) is 2.57. The molecular formula is C11H16F3N3. The summed E-state index contributed by atoms with van der Waals surface area (Å²) in [4.78, 5) is 5.29. The zero-order chi connectivity index (χ0) is 13.1. The Kier molecular flexibility index (Phi) is 4.34. The maximum absolute atomic E-state index is 12.4. The maximum atomic E-state index is 12.4. The van der Waals surface area contributed by atoms with Gasteiger partial charge in [-0.05, 0) is 26.0 Å². The van der Waals surface area contributed by atoms with E-state index in [1.165, 1.54) is 11.1 Å². The first kappa shape index (κ1) is 13.8. The normalized spacial score (nSPS) is 12.4. The van der Waals surface area contributed by atoms with Crippen LogP contribution in [0.1, 0.15) is 19.5 Å². The molecule has 0 aliphatic rings. The Morgan fingerprint density at radius 1 is 1.41 bits per heavy atom. The Hall–Kier alpha value is -1.30. The van der Waals surface area contributed by atoms with Crippen LogP contribution in [0.2, 0.25) is 0 Å². The number of nitrogens with two attached hydrogens (primary N) is 1. The van der Waals surface area contributed by atoms with Crippen molar-refractivity contribution in [2.24, 2.45) is 0 Å². The topological polar surface area (TPSA) is 42.2 Å². The fourth-order valence-electron chi connectivity index (χ4n) is 1.43. The smallest absolute Gasteiger partial charge is 0.397 e. The van der Waals surface area contributed by atoms with Crippen molar-refractivity contribution in [3.8, 4) is 0 Å². The number of rotatable bonds is 4. The third kappa shape index (κ3) is 4.60. The summed E-state index contributed by atoms with van der Waals surface area (Å²) in [6.07, 6.45) is -2.69. The maximum Gasteiger partial charge on any atom is 0.401 e. The number of halogens is 3. The highest BCUT2D eigenvalue weighted by Gasteiger charge is 2.32. The van der Waals surface area contributed by atoms with Gasteiger partial charge < -0.3 is 5.73 Å². The summed E-state index contributed by atoms with van der Waals surface area (Å²) in [6, 6.07) is 3.06. The number of aromatic nitrogens is 1. The van der Waals surface area contributed by atoms with Crippen LogP contribution < -0.4 is 5.73 Å². The molecule has 17 heavy (non-hydrogen) atoms. The minimum absolute atomic E-state index is 0.101. The van der Waals surface area contributed by atoms with E-state index in [1.807, 2.05) is 0 Å². The minimum atomic E-state index is -4.21. The van der Waals surface area contributed by atoms with Gasteiger partial charge in [-0.15, -0.1) is 0 Å². The molecule has 1 heterocycles. The van der Waals surface area contributed by atoms with Gasteiger partial charge in [0.25, 0.3) is 0 Å². The van der Waals surface area contributed by atoms with Crippen molar-refractivity contribution in [1.29, 1.82) is 0 Å². The molecule has 0 unspecified atom stereocenters. The highest BCUT2D eigenvalue weighted by molar-refractivity contribution is 5.41. The first-order valence-electron chi connectivity index (χ1n) is 5.30. The summed E-state index contributed by atoms with van der Waals surface area (Å²) in [5, 5.41) is 0. The molecule has 0 bridgehead atoms. The second kappa shape index (κ2) is 5.35. The molecule has 6 heteroatoms. The summed E-state index contributed by atoms with van der Waals surface area (Å²) >= 11 is 0. The van der Waals surface area contributed by atoms with E-state index in [0.717, 1.165) is 0 Å². The number of alkyl halides is 3. The van der Waals surface area contributed by atoms with Crippen molar-refractivity contribution in [2.45, 2.75) is 32.6 Å². The van der Waals surface area contributed by atoms with Crippen LogP contribution in [0, 0.1) is 0 Å². The lowest BCUT2D eigenvalue weighted by Gasteiger charge is -2.27. The summed E-state index contributed by atoms with van der Waals surface area (Å²) < 4.78 is 37.1. The zero-order valence-corrected chi connectivity index (χ0v) is 9.83. The number of pyridine rings is 1. The highest BCUT2D eigenvalue weighted by atomic mass is 19.4. The van der Waals surface area contributed by atoms with E-state index in [4.69, 9.17) is 5.73 Å². The first-order valence-corrected chi connectivity index (χ1v) is 5.30. The molecule has 0 aromatic carbocycles. The molecule has 0 saturated carbocycles. The van der Waals surface area contributed by atoms with Crippen molar-refractivity contribution in [1.82, 2.24) is 9.88 Å². The van der Waals surface area contributed by atoms with Gasteiger partial charge in [-0.25, -0.2) is 0 Å². The second-order valence-corrected chi connectivity index (χ2v) is 4.15. The molecular weight excluding hydrogens is 231 g/mol. The van der Waals surface area contributed by atoms with Gasteiger partial charge in [0.15, 0.2) is 0 Å². The molecule has 0 aliphatic heterocycles. The van der Waals surface area contributed by atoms with E-state index in [0.29, 0.717) is 11.4 Å². The molecule has 0 saturated heterocycles. The number of nitrogen functional groups attached to an aromatic ring is 1. The Morgan fingerprint density at radius 3 is 2.53 bits per heavy atom. The van der Waals surface area contributed by atoms with Crippen LogP contribution in [0.25, 0.3) is 0 Å². The van der Waals surface area contributed by atoms with Gasteiger partial charge in [0, 0.05) is 18.8 Å². The Bertz CT molecular complexity index is 363. The van der Waals surface area contributed by atoms with E-state index in [-0.39, 0.29) is 12.6 Å². The largest absolute Gasteiger partial charge is 0.401 e. The minimum Gasteiger partial charge on any atom is -0.397 e. The lowest BCUT2D eigenvalue weighted by molar-refractivity contribution is -0.151. The lowest BCUT2D eigenvalue weighted by atomic mass is 10.2. The molecule has 0 radical (unpaired) electrons. The average molecular weight is 247 g/mol. The molecule has 0 spiro atoms. The predicted octanol–water partition coefficient (Wildman–Crippen LogP) is 2.44. The van der Waals surface area contributed by atoms with E-state index in [1.54, 1.807) is 26.0 Å². The van der Waals surface area contributed by atoms with E-state index >= 15 is 0 Å². The predicted molar refractivity (Wildman–Crippen MR) is 60.3 cm³/mol. The van der Waals surface area contributed by atoms with Gasteiger partial charge in [0.2, 0.25) is 0 Å². The Morgan fingerprint density at radius 2 is 2.06 bits per heavy atom. The first-order chi connectivity index (χ1) is 7.79. The second-order valence-electron chi connectivity index (χ2n) is 4.15. The molecule has 0 atom stereocenters. The Balaban J connectivity index is 2.78. The molecule has 0 aliphatic carbocycles. The van der Waals surface area contributed by atoms with Crippen LogP contribution in [0.15, 0.2) is 18.3 Å². The van der Waals surface area contributed by atoms with Crippen LogP contribution in [-0.2, 0) is 6.54 Å². The number of hydrogen-bond acceptors (Lipinski definition) is 3. The van der Waals surface area contributed by atoms with Crippen LogP contribution in [0.3, 0.4) is 0 Å². The molecule has 0 fully saturated rings. The van der Waals surface area contributed by atoms with Gasteiger partial charge in [0.1, 0.15) is 0 Å². The zero-order valence-electron chi connectivity index (χ0n) is 9.83. The van der Waals surface area contributed by atoms with Crippen molar-refractivity contribution < 1.29 is 13.2 Å². The molecule has 96 valence electrons. The van der Waals surface area contributed by atoms with Crippen LogP contribution in [-0.4, -0.2) is 28.6 Å². The third-order valence-electron chi connectivity index (χ3n) is 2.39. The molecule has 2 N–H and O–H groups in total. The van der Waals surface area contributed by atoms with Crippen molar-refractivity contribution >= 4 is 5.69 Å². The SMILES string of the molecule is CC(C)N(Cc1ncccc1N)CC(F)(F)F. The molecule has 1 rings (SSSR count). The fourth-order valence-corrected chi connectivity index (χ4v) is 1.43. The van der Waals surface area contributed by atoms with Crippen LogP contribution in [0.5, 0.6) is 0 Å². The van der Waals surface area contributed by atoms with Gasteiger partial charge in [-0.2, -0.15) is 13.2 Å². The number of hydrogen-bond donors (Lipinski definition) is 1. The van der Waals surface area contributed by atoms with Crippen molar-refractivity contribution in [2.75, 3.05) is 12.3 Å². The van der Waals surface area contributed by atoms with E-state index in [9.17, 15) is 13.2 Å². The van der Waals surface area contributed by atoms with Gasteiger partial charge in [-0.3, -0.25) is 9.88 Å². The fraction of sp³-hybridized carbons (Fsp3) is 0.545. The van der Waals surface area contributed by atoms with Crippen molar-refractivity contribution in [3.05, 3.63) is 24.0 Å². The van der Waals surface area contributed by atoms with Crippen LogP contribution in [0.4, 0.5) is 18.9 Å². The number of nitrogens with zero attached hydrogens (tertiary/aromatic N) is 2. The van der Waals surface area contributed by atoms with E-state index in [2.05, 4.69) is 4.98 Å².